The van der Waals surface area contributed by atoms with Gasteiger partial charge in [0.25, 0.3) is 0 Å². The second-order valence-electron chi connectivity index (χ2n) is 4.95. The van der Waals surface area contributed by atoms with Crippen LogP contribution in [-0.4, -0.2) is 24.2 Å². The maximum atomic E-state index is 13.4. The Bertz CT molecular complexity index is 652. The molecule has 1 aromatic carbocycles. The molecule has 1 aromatic heterocycles. The van der Waals surface area contributed by atoms with Crippen molar-refractivity contribution in [3.8, 4) is 0 Å². The van der Waals surface area contributed by atoms with Gasteiger partial charge >= 0.3 is 0 Å². The Labute approximate surface area is 163 Å². The lowest BCUT2D eigenvalue weighted by atomic mass is 10.1. The van der Waals surface area contributed by atoms with Gasteiger partial charge in [-0.25, -0.2) is 4.39 Å². The van der Waals surface area contributed by atoms with Gasteiger partial charge in [0, 0.05) is 25.5 Å². The molecule has 0 saturated carbocycles. The number of aromatic nitrogens is 1. The normalized spacial score (nSPS) is 10.9. The first-order valence-corrected chi connectivity index (χ1v) is 8.73. The van der Waals surface area contributed by atoms with Gasteiger partial charge < -0.3 is 10.6 Å². The summed E-state index contributed by atoms with van der Waals surface area (Å²) >= 11 is 1.68. The van der Waals surface area contributed by atoms with Crippen LogP contribution >= 0.6 is 35.7 Å². The van der Waals surface area contributed by atoms with Crippen molar-refractivity contribution in [3.05, 3.63) is 65.2 Å². The summed E-state index contributed by atoms with van der Waals surface area (Å²) in [7, 11) is 1.72. The second kappa shape index (κ2) is 11.2. The number of nitrogens with zero attached hydrogens (tertiary/aromatic N) is 2. The summed E-state index contributed by atoms with van der Waals surface area (Å²) in [5.41, 5.74) is 3.02. The van der Waals surface area contributed by atoms with Gasteiger partial charge in [-0.1, -0.05) is 12.1 Å². The number of thioether (sulfide) groups is 1. The molecular formula is C17H22FIN4S. The highest BCUT2D eigenvalue weighted by molar-refractivity contribution is 14.0. The highest BCUT2D eigenvalue weighted by atomic mass is 127. The van der Waals surface area contributed by atoms with E-state index in [2.05, 4.69) is 20.6 Å². The molecule has 0 aliphatic rings. The molecule has 0 spiro atoms. The van der Waals surface area contributed by atoms with Crippen molar-refractivity contribution in [3.63, 3.8) is 0 Å². The van der Waals surface area contributed by atoms with Crippen molar-refractivity contribution in [1.82, 2.24) is 15.6 Å². The summed E-state index contributed by atoms with van der Waals surface area (Å²) in [5, 5.41) is 6.47. The summed E-state index contributed by atoms with van der Waals surface area (Å²) in [5.74, 6) is 1.28. The lowest BCUT2D eigenvalue weighted by Gasteiger charge is -2.14. The first kappa shape index (κ1) is 20.7. The molecule has 7 heteroatoms. The quantitative estimate of drug-likeness (QED) is 0.393. The highest BCUT2D eigenvalue weighted by Crippen LogP contribution is 2.16. The Balaban J connectivity index is 0.00000288. The zero-order chi connectivity index (χ0) is 16.5. The van der Waals surface area contributed by atoms with Gasteiger partial charge in [-0.05, 0) is 41.6 Å². The maximum absolute atomic E-state index is 13.4. The molecule has 0 unspecified atom stereocenters. The van der Waals surface area contributed by atoms with Gasteiger partial charge in [0.2, 0.25) is 0 Å². The molecular weight excluding hydrogens is 438 g/mol. The van der Waals surface area contributed by atoms with E-state index >= 15 is 0 Å². The molecule has 24 heavy (non-hydrogen) atoms. The number of halogens is 2. The lowest BCUT2D eigenvalue weighted by Crippen LogP contribution is -2.36. The van der Waals surface area contributed by atoms with Crippen LogP contribution in [-0.2, 0) is 18.8 Å². The zero-order valence-corrected chi connectivity index (χ0v) is 16.9. The molecule has 2 rings (SSSR count). The average molecular weight is 460 g/mol. The second-order valence-corrected chi connectivity index (χ2v) is 5.81. The lowest BCUT2D eigenvalue weighted by molar-refractivity contribution is 0.625. The average Bonchev–Trinajstić information content (AvgIpc) is 2.58. The standard InChI is InChI=1S/C17H21FN4S.HI/c1-19-17(22-11-16-5-3-4-8-20-16)21-10-13-6-7-15(18)9-14(13)12-23-2;/h3-9H,10-12H2,1-2H3,(H2,19,21,22);1H. The van der Waals surface area contributed by atoms with Crippen LogP contribution in [0.25, 0.3) is 0 Å². The van der Waals surface area contributed by atoms with Crippen LogP contribution in [0.15, 0.2) is 47.6 Å². The van der Waals surface area contributed by atoms with Gasteiger partial charge in [0.15, 0.2) is 5.96 Å². The van der Waals surface area contributed by atoms with Crippen LogP contribution in [0.5, 0.6) is 0 Å². The molecule has 0 aliphatic heterocycles. The smallest absolute Gasteiger partial charge is 0.191 e. The molecule has 0 bridgehead atoms. The number of rotatable bonds is 6. The minimum atomic E-state index is -0.199. The Morgan fingerprint density at radius 2 is 1.96 bits per heavy atom. The molecule has 0 saturated heterocycles. The predicted octanol–water partition coefficient (Wildman–Crippen LogP) is 3.57. The number of guanidine groups is 1. The van der Waals surface area contributed by atoms with E-state index in [1.807, 2.05) is 30.5 Å². The topological polar surface area (TPSA) is 49.3 Å². The summed E-state index contributed by atoms with van der Waals surface area (Å²) in [6, 6.07) is 10.7. The van der Waals surface area contributed by atoms with E-state index < -0.39 is 0 Å². The number of aliphatic imine (C=N–C) groups is 1. The molecule has 2 aromatic rings. The molecule has 130 valence electrons. The number of nitrogens with one attached hydrogen (secondary N) is 2. The van der Waals surface area contributed by atoms with Gasteiger partial charge in [-0.3, -0.25) is 9.98 Å². The summed E-state index contributed by atoms with van der Waals surface area (Å²) in [6.07, 6.45) is 3.77. The Hall–Kier alpha value is -1.35. The molecule has 0 amide bonds. The van der Waals surface area contributed by atoms with Crippen LogP contribution in [0.2, 0.25) is 0 Å². The molecule has 0 atom stereocenters. The first-order valence-electron chi connectivity index (χ1n) is 7.33. The van der Waals surface area contributed by atoms with E-state index in [9.17, 15) is 4.39 Å². The van der Waals surface area contributed by atoms with E-state index in [1.165, 1.54) is 6.07 Å². The minimum absolute atomic E-state index is 0. The third-order valence-electron chi connectivity index (χ3n) is 3.30. The fraction of sp³-hybridized carbons (Fsp3) is 0.294. The monoisotopic (exact) mass is 460 g/mol. The Morgan fingerprint density at radius 3 is 2.62 bits per heavy atom. The fourth-order valence-electron chi connectivity index (χ4n) is 2.13. The molecule has 0 radical (unpaired) electrons. The maximum Gasteiger partial charge on any atom is 0.191 e. The number of hydrogen-bond acceptors (Lipinski definition) is 3. The van der Waals surface area contributed by atoms with Crippen molar-refractivity contribution in [1.29, 1.82) is 0 Å². The fourth-order valence-corrected chi connectivity index (χ4v) is 2.71. The van der Waals surface area contributed by atoms with Crippen molar-refractivity contribution in [2.24, 2.45) is 4.99 Å². The molecule has 0 aliphatic carbocycles. The van der Waals surface area contributed by atoms with Crippen LogP contribution in [0.3, 0.4) is 0 Å². The molecule has 4 nitrogen and oxygen atoms in total. The van der Waals surface area contributed by atoms with Crippen molar-refractivity contribution >= 4 is 41.7 Å². The van der Waals surface area contributed by atoms with Crippen LogP contribution in [0.4, 0.5) is 4.39 Å². The SMILES string of the molecule is CN=C(NCc1ccccn1)NCc1ccc(F)cc1CSC.I. The molecule has 2 N–H and O–H groups in total. The van der Waals surface area contributed by atoms with Crippen molar-refractivity contribution in [2.75, 3.05) is 13.3 Å². The number of benzene rings is 1. The summed E-state index contributed by atoms with van der Waals surface area (Å²) in [4.78, 5) is 8.46. The van der Waals surface area contributed by atoms with Crippen LogP contribution < -0.4 is 10.6 Å². The van der Waals surface area contributed by atoms with Crippen LogP contribution in [0, 0.1) is 5.82 Å². The summed E-state index contributed by atoms with van der Waals surface area (Å²) < 4.78 is 13.4. The molecule has 1 heterocycles. The Morgan fingerprint density at radius 1 is 1.17 bits per heavy atom. The van der Waals surface area contributed by atoms with Gasteiger partial charge in [-0.2, -0.15) is 11.8 Å². The van der Waals surface area contributed by atoms with Crippen molar-refractivity contribution < 1.29 is 4.39 Å². The third kappa shape index (κ3) is 6.64. The minimum Gasteiger partial charge on any atom is -0.352 e. The van der Waals surface area contributed by atoms with E-state index in [4.69, 9.17) is 0 Å². The van der Waals surface area contributed by atoms with E-state index in [0.29, 0.717) is 19.0 Å². The number of pyridine rings is 1. The van der Waals surface area contributed by atoms with E-state index in [0.717, 1.165) is 22.6 Å². The highest BCUT2D eigenvalue weighted by Gasteiger charge is 2.05. The van der Waals surface area contributed by atoms with E-state index in [-0.39, 0.29) is 29.8 Å². The zero-order valence-electron chi connectivity index (χ0n) is 13.8. The van der Waals surface area contributed by atoms with Crippen molar-refractivity contribution in [2.45, 2.75) is 18.8 Å². The van der Waals surface area contributed by atoms with E-state index in [1.54, 1.807) is 31.1 Å². The predicted molar refractivity (Wildman–Crippen MR) is 110 cm³/mol. The van der Waals surface area contributed by atoms with Gasteiger partial charge in [0.1, 0.15) is 5.82 Å². The Kier molecular flexibility index (Phi) is 9.70. The van der Waals surface area contributed by atoms with Crippen LogP contribution in [0.1, 0.15) is 16.8 Å². The summed E-state index contributed by atoms with van der Waals surface area (Å²) in [6.45, 7) is 1.19. The molecule has 0 fully saturated rings. The van der Waals surface area contributed by atoms with Gasteiger partial charge in [-0.15, -0.1) is 24.0 Å². The number of hydrogen-bond donors (Lipinski definition) is 2. The third-order valence-corrected chi connectivity index (χ3v) is 3.90. The van der Waals surface area contributed by atoms with Gasteiger partial charge in [0.05, 0.1) is 12.2 Å². The first-order chi connectivity index (χ1) is 11.2. The largest absolute Gasteiger partial charge is 0.352 e.